The van der Waals surface area contributed by atoms with E-state index < -0.39 is 0 Å². The van der Waals surface area contributed by atoms with Crippen molar-refractivity contribution < 1.29 is 18.7 Å². The van der Waals surface area contributed by atoms with E-state index in [1.807, 2.05) is 30.0 Å². The first-order valence-electron chi connectivity index (χ1n) is 11.2. The number of fused-ring (bicyclic) bond motifs is 1. The number of rotatable bonds is 5. The number of nitrogens with zero attached hydrogens (tertiary/aromatic N) is 3. The van der Waals surface area contributed by atoms with E-state index in [4.69, 9.17) is 4.74 Å². The lowest BCUT2D eigenvalue weighted by atomic mass is 10.0. The van der Waals surface area contributed by atoms with Gasteiger partial charge in [0.15, 0.2) is 0 Å². The lowest BCUT2D eigenvalue weighted by Gasteiger charge is -2.20. The predicted octanol–water partition coefficient (Wildman–Crippen LogP) is 3.97. The Hall–Kier alpha value is -3.48. The van der Waals surface area contributed by atoms with Crippen LogP contribution in [0.25, 0.3) is 11.3 Å². The van der Waals surface area contributed by atoms with Crippen molar-refractivity contribution in [2.24, 2.45) is 0 Å². The molecule has 1 amide bonds. The zero-order chi connectivity index (χ0) is 23.5. The molecule has 4 rings (SSSR count). The van der Waals surface area contributed by atoms with Gasteiger partial charge < -0.3 is 9.64 Å². The largest absolute Gasteiger partial charge is 0.465 e. The molecule has 1 aliphatic rings. The van der Waals surface area contributed by atoms with Crippen LogP contribution in [-0.2, 0) is 35.3 Å². The second kappa shape index (κ2) is 9.57. The molecular formula is C26H28FN3O3. The van der Waals surface area contributed by atoms with Crippen molar-refractivity contribution in [3.63, 3.8) is 0 Å². The summed E-state index contributed by atoms with van der Waals surface area (Å²) in [4.78, 5) is 26.9. The highest BCUT2D eigenvalue weighted by Gasteiger charge is 2.21. The summed E-state index contributed by atoms with van der Waals surface area (Å²) in [6, 6.07) is 12.5. The average Bonchev–Trinajstić information content (AvgIpc) is 3.10. The molecular weight excluding hydrogens is 421 g/mol. The molecule has 172 valence electrons. The zero-order valence-electron chi connectivity index (χ0n) is 19.2. The average molecular weight is 450 g/mol. The zero-order valence-corrected chi connectivity index (χ0v) is 19.2. The maximum Gasteiger partial charge on any atom is 0.337 e. The van der Waals surface area contributed by atoms with Crippen LogP contribution < -0.4 is 0 Å². The van der Waals surface area contributed by atoms with Gasteiger partial charge in [-0.15, -0.1) is 0 Å². The molecule has 0 N–H and O–H groups in total. The van der Waals surface area contributed by atoms with Crippen LogP contribution in [0.5, 0.6) is 0 Å². The van der Waals surface area contributed by atoms with Gasteiger partial charge in [-0.25, -0.2) is 9.18 Å². The number of hydrogen-bond acceptors (Lipinski definition) is 4. The molecule has 0 spiro atoms. The number of aryl methyl sites for hydroxylation is 2. The molecule has 7 heteroatoms. The van der Waals surface area contributed by atoms with Crippen molar-refractivity contribution in [2.75, 3.05) is 20.2 Å². The van der Waals surface area contributed by atoms with Crippen molar-refractivity contribution in [3.8, 4) is 11.3 Å². The Morgan fingerprint density at radius 1 is 1.06 bits per heavy atom. The summed E-state index contributed by atoms with van der Waals surface area (Å²) in [5.41, 5.74) is 5.86. The van der Waals surface area contributed by atoms with Gasteiger partial charge in [0.1, 0.15) is 12.4 Å². The van der Waals surface area contributed by atoms with Gasteiger partial charge in [0.2, 0.25) is 5.91 Å². The molecule has 2 heterocycles. The number of benzene rings is 2. The Labute approximate surface area is 193 Å². The molecule has 0 atom stereocenters. The third kappa shape index (κ3) is 4.82. The quantitative estimate of drug-likeness (QED) is 0.553. The van der Waals surface area contributed by atoms with Crippen LogP contribution in [0.2, 0.25) is 0 Å². The minimum Gasteiger partial charge on any atom is -0.465 e. The van der Waals surface area contributed by atoms with Crippen molar-refractivity contribution >= 4 is 11.9 Å². The van der Waals surface area contributed by atoms with Crippen LogP contribution in [0, 0.1) is 12.7 Å². The fraction of sp³-hybridized carbons (Fsp3) is 0.346. The molecule has 0 radical (unpaired) electrons. The molecule has 1 aliphatic heterocycles. The molecule has 0 fully saturated rings. The fourth-order valence-corrected chi connectivity index (χ4v) is 4.27. The van der Waals surface area contributed by atoms with Gasteiger partial charge >= 0.3 is 5.97 Å². The summed E-state index contributed by atoms with van der Waals surface area (Å²) >= 11 is 0. The van der Waals surface area contributed by atoms with Gasteiger partial charge in [0.25, 0.3) is 0 Å². The molecule has 0 saturated carbocycles. The third-order valence-electron chi connectivity index (χ3n) is 6.25. The molecule has 1 aromatic heterocycles. The molecule has 0 aliphatic carbocycles. The number of methoxy groups -OCH3 is 1. The Bertz CT molecular complexity index is 1200. The van der Waals surface area contributed by atoms with E-state index in [1.54, 1.807) is 29.8 Å². The Kier molecular flexibility index (Phi) is 6.58. The highest BCUT2D eigenvalue weighted by atomic mass is 19.1. The van der Waals surface area contributed by atoms with E-state index in [2.05, 4.69) is 5.10 Å². The second-order valence-corrected chi connectivity index (χ2v) is 8.35. The lowest BCUT2D eigenvalue weighted by Crippen LogP contribution is -2.36. The number of ether oxygens (including phenoxy) is 1. The van der Waals surface area contributed by atoms with Crippen molar-refractivity contribution in [1.29, 1.82) is 0 Å². The van der Waals surface area contributed by atoms with Crippen LogP contribution in [0.15, 0.2) is 42.5 Å². The summed E-state index contributed by atoms with van der Waals surface area (Å²) < 4.78 is 20.2. The SMILES string of the molecule is CCc1cc(-c2ccc(F)c(C)c2)nn1CC(=O)N1CCc2ccc(C(=O)OC)cc2CC1. The number of amides is 1. The topological polar surface area (TPSA) is 64.4 Å². The molecule has 6 nitrogen and oxygen atoms in total. The molecule has 3 aromatic rings. The predicted molar refractivity (Wildman–Crippen MR) is 124 cm³/mol. The second-order valence-electron chi connectivity index (χ2n) is 8.35. The van der Waals surface area contributed by atoms with Crippen molar-refractivity contribution in [1.82, 2.24) is 14.7 Å². The summed E-state index contributed by atoms with van der Waals surface area (Å²) in [7, 11) is 1.37. The van der Waals surface area contributed by atoms with Crippen LogP contribution in [0.1, 0.15) is 39.7 Å². The maximum absolute atomic E-state index is 13.7. The van der Waals surface area contributed by atoms with Crippen LogP contribution in [0.3, 0.4) is 0 Å². The van der Waals surface area contributed by atoms with Crippen LogP contribution >= 0.6 is 0 Å². The van der Waals surface area contributed by atoms with Gasteiger partial charge in [-0.05, 0) is 79.3 Å². The lowest BCUT2D eigenvalue weighted by molar-refractivity contribution is -0.132. The molecule has 0 bridgehead atoms. The van der Waals surface area contributed by atoms with Gasteiger partial charge in [-0.1, -0.05) is 13.0 Å². The third-order valence-corrected chi connectivity index (χ3v) is 6.25. The highest BCUT2D eigenvalue weighted by Crippen LogP contribution is 2.23. The van der Waals surface area contributed by atoms with Crippen molar-refractivity contribution in [3.05, 3.63) is 76.2 Å². The summed E-state index contributed by atoms with van der Waals surface area (Å²) in [5.74, 6) is -0.589. The first-order chi connectivity index (χ1) is 15.9. The molecule has 2 aromatic carbocycles. The summed E-state index contributed by atoms with van der Waals surface area (Å²) in [6.45, 7) is 5.12. The van der Waals surface area contributed by atoms with Gasteiger partial charge in [0.05, 0.1) is 18.4 Å². The van der Waals surface area contributed by atoms with Gasteiger partial charge in [0, 0.05) is 24.3 Å². The monoisotopic (exact) mass is 449 g/mol. The first-order valence-corrected chi connectivity index (χ1v) is 11.2. The normalized spacial score (nSPS) is 13.4. The number of esters is 1. The van der Waals surface area contributed by atoms with E-state index in [0.717, 1.165) is 40.9 Å². The van der Waals surface area contributed by atoms with E-state index in [0.29, 0.717) is 30.6 Å². The van der Waals surface area contributed by atoms with Gasteiger partial charge in [-0.3, -0.25) is 9.48 Å². The Balaban J connectivity index is 1.48. The maximum atomic E-state index is 13.7. The fourth-order valence-electron chi connectivity index (χ4n) is 4.27. The van der Waals surface area contributed by atoms with Crippen LogP contribution in [-0.4, -0.2) is 46.8 Å². The van der Waals surface area contributed by atoms with E-state index in [1.165, 1.54) is 13.2 Å². The summed E-state index contributed by atoms with van der Waals surface area (Å²) in [6.07, 6.45) is 2.16. The minimum atomic E-state index is -0.354. The first kappa shape index (κ1) is 22.7. The van der Waals surface area contributed by atoms with Gasteiger partial charge in [-0.2, -0.15) is 5.10 Å². The minimum absolute atomic E-state index is 0.00985. The molecule has 33 heavy (non-hydrogen) atoms. The summed E-state index contributed by atoms with van der Waals surface area (Å²) in [5, 5.41) is 4.66. The molecule has 0 unspecified atom stereocenters. The van der Waals surface area contributed by atoms with Crippen molar-refractivity contribution in [2.45, 2.75) is 39.7 Å². The van der Waals surface area contributed by atoms with E-state index in [9.17, 15) is 14.0 Å². The number of hydrogen-bond donors (Lipinski definition) is 0. The Morgan fingerprint density at radius 3 is 2.52 bits per heavy atom. The van der Waals surface area contributed by atoms with E-state index in [-0.39, 0.29) is 24.2 Å². The Morgan fingerprint density at radius 2 is 1.82 bits per heavy atom. The smallest absolute Gasteiger partial charge is 0.337 e. The van der Waals surface area contributed by atoms with Crippen LogP contribution in [0.4, 0.5) is 4.39 Å². The van der Waals surface area contributed by atoms with E-state index >= 15 is 0 Å². The standard InChI is InChI=1S/C26H28FN3O3/c1-4-22-15-24(20-7-8-23(27)17(2)13-20)28-30(22)16-25(31)29-11-9-18-5-6-21(26(32)33-3)14-19(18)10-12-29/h5-8,13-15H,4,9-12,16H2,1-3H3. The number of aromatic nitrogens is 2. The highest BCUT2D eigenvalue weighted by molar-refractivity contribution is 5.89. The molecule has 0 saturated heterocycles. The number of carbonyl (C=O) groups excluding carboxylic acids is 2. The number of carbonyl (C=O) groups is 2. The number of halogens is 1.